The number of nitrogens with zero attached hydrogens (tertiary/aromatic N) is 1. The number of rotatable bonds is 4. The Kier molecular flexibility index (Phi) is 3.31. The molecule has 0 aliphatic carbocycles. The minimum absolute atomic E-state index is 0.620. The number of fused-ring (bicyclic) bond motifs is 1. The first kappa shape index (κ1) is 12.3. The van der Waals surface area contributed by atoms with Crippen molar-refractivity contribution in [2.24, 2.45) is 0 Å². The summed E-state index contributed by atoms with van der Waals surface area (Å²) in [5, 5.41) is 10.2. The van der Waals surface area contributed by atoms with Crippen LogP contribution in [0.1, 0.15) is 20.3 Å². The van der Waals surface area contributed by atoms with Gasteiger partial charge in [-0.2, -0.15) is 0 Å². The molecule has 1 aromatic heterocycles. The van der Waals surface area contributed by atoms with Gasteiger partial charge in [-0.3, -0.25) is 0 Å². The van der Waals surface area contributed by atoms with Crippen LogP contribution in [0.25, 0.3) is 11.1 Å². The first-order valence-corrected chi connectivity index (χ1v) is 6.44. The van der Waals surface area contributed by atoms with E-state index in [1.165, 1.54) is 11.8 Å². The van der Waals surface area contributed by atoms with Crippen molar-refractivity contribution in [3.05, 3.63) is 18.2 Å². The molecule has 0 saturated carbocycles. The molecule has 0 amide bonds. The predicted molar refractivity (Wildman–Crippen MR) is 70.1 cm³/mol. The van der Waals surface area contributed by atoms with Crippen molar-refractivity contribution in [3.8, 4) is 0 Å². The maximum atomic E-state index is 9.59. The molecule has 0 fully saturated rings. The number of thioether (sulfide) groups is 1. The third-order valence-corrected chi connectivity index (χ3v) is 3.16. The number of hydrogen-bond acceptors (Lipinski definition) is 5. The van der Waals surface area contributed by atoms with Crippen molar-refractivity contribution in [1.29, 1.82) is 0 Å². The second-order valence-electron chi connectivity index (χ2n) is 4.62. The van der Waals surface area contributed by atoms with Gasteiger partial charge in [0.25, 0.3) is 5.22 Å². The monoisotopic (exact) mass is 252 g/mol. The summed E-state index contributed by atoms with van der Waals surface area (Å²) in [7, 11) is 0. The molecule has 0 spiro atoms. The Labute approximate surface area is 104 Å². The van der Waals surface area contributed by atoms with E-state index >= 15 is 0 Å². The fraction of sp³-hybridized carbons (Fsp3) is 0.417. The zero-order valence-corrected chi connectivity index (χ0v) is 10.8. The number of oxazole rings is 1. The fourth-order valence-electron chi connectivity index (χ4n) is 1.37. The van der Waals surface area contributed by atoms with Crippen molar-refractivity contribution < 1.29 is 9.52 Å². The minimum Gasteiger partial charge on any atom is -0.431 e. The van der Waals surface area contributed by atoms with Crippen molar-refractivity contribution in [2.75, 3.05) is 11.5 Å². The summed E-state index contributed by atoms with van der Waals surface area (Å²) in [6.45, 7) is 3.58. The summed E-state index contributed by atoms with van der Waals surface area (Å²) >= 11 is 1.50. The quantitative estimate of drug-likeness (QED) is 0.646. The number of benzene rings is 1. The molecular formula is C12H16N2O2S. The summed E-state index contributed by atoms with van der Waals surface area (Å²) in [5.74, 6) is 0.770. The number of hydrogen-bond donors (Lipinski definition) is 2. The normalized spacial score (nSPS) is 12.2. The topological polar surface area (TPSA) is 72.3 Å². The molecule has 0 aliphatic heterocycles. The average Bonchev–Trinajstić information content (AvgIpc) is 2.57. The zero-order chi connectivity index (χ0) is 12.5. The third kappa shape index (κ3) is 3.38. The van der Waals surface area contributed by atoms with Crippen molar-refractivity contribution >= 4 is 28.5 Å². The van der Waals surface area contributed by atoms with E-state index in [1.54, 1.807) is 26.0 Å². The maximum absolute atomic E-state index is 9.59. The van der Waals surface area contributed by atoms with Crippen molar-refractivity contribution in [3.63, 3.8) is 0 Å². The van der Waals surface area contributed by atoms with Gasteiger partial charge in [-0.15, -0.1) is 0 Å². The van der Waals surface area contributed by atoms with Crippen LogP contribution in [0.3, 0.4) is 0 Å². The number of anilines is 1. The van der Waals surface area contributed by atoms with E-state index in [0.717, 1.165) is 11.3 Å². The lowest BCUT2D eigenvalue weighted by Gasteiger charge is -2.15. The molecule has 0 saturated heterocycles. The lowest BCUT2D eigenvalue weighted by Crippen LogP contribution is -2.18. The highest BCUT2D eigenvalue weighted by Crippen LogP contribution is 2.26. The van der Waals surface area contributed by atoms with E-state index in [9.17, 15) is 5.11 Å². The maximum Gasteiger partial charge on any atom is 0.256 e. The zero-order valence-electron chi connectivity index (χ0n) is 9.93. The fourth-order valence-corrected chi connectivity index (χ4v) is 2.46. The molecule has 0 radical (unpaired) electrons. The molecule has 4 nitrogen and oxygen atoms in total. The van der Waals surface area contributed by atoms with E-state index in [-0.39, 0.29) is 0 Å². The minimum atomic E-state index is -0.649. The molecule has 1 aromatic carbocycles. The van der Waals surface area contributed by atoms with Gasteiger partial charge in [0.1, 0.15) is 5.52 Å². The van der Waals surface area contributed by atoms with E-state index in [4.69, 9.17) is 10.2 Å². The largest absolute Gasteiger partial charge is 0.431 e. The van der Waals surface area contributed by atoms with Gasteiger partial charge in [-0.05, 0) is 32.4 Å². The Morgan fingerprint density at radius 1 is 1.47 bits per heavy atom. The third-order valence-electron chi connectivity index (χ3n) is 2.33. The molecule has 5 heteroatoms. The van der Waals surface area contributed by atoms with Gasteiger partial charge in [-0.1, -0.05) is 11.8 Å². The van der Waals surface area contributed by atoms with Crippen LogP contribution in [-0.4, -0.2) is 21.4 Å². The molecule has 1 heterocycles. The van der Waals surface area contributed by atoms with Crippen LogP contribution >= 0.6 is 11.8 Å². The Morgan fingerprint density at radius 2 is 2.24 bits per heavy atom. The Hall–Kier alpha value is -1.20. The number of aromatic nitrogens is 1. The highest BCUT2D eigenvalue weighted by atomic mass is 32.2. The van der Waals surface area contributed by atoms with Crippen LogP contribution < -0.4 is 5.73 Å². The van der Waals surface area contributed by atoms with Gasteiger partial charge in [0, 0.05) is 17.5 Å². The van der Waals surface area contributed by atoms with Gasteiger partial charge in [0.15, 0.2) is 5.58 Å². The Morgan fingerprint density at radius 3 is 2.94 bits per heavy atom. The van der Waals surface area contributed by atoms with E-state index in [0.29, 0.717) is 22.9 Å². The summed E-state index contributed by atoms with van der Waals surface area (Å²) in [6.07, 6.45) is 0.693. The molecular weight excluding hydrogens is 236 g/mol. The van der Waals surface area contributed by atoms with Crippen LogP contribution in [0.15, 0.2) is 27.8 Å². The van der Waals surface area contributed by atoms with Gasteiger partial charge in [-0.25, -0.2) is 4.98 Å². The summed E-state index contributed by atoms with van der Waals surface area (Å²) < 4.78 is 5.55. The van der Waals surface area contributed by atoms with E-state index in [1.807, 2.05) is 6.07 Å². The van der Waals surface area contributed by atoms with E-state index in [2.05, 4.69) is 4.98 Å². The molecule has 0 bridgehead atoms. The standard InChI is InChI=1S/C12H16N2O2S/c1-12(2,15)5-6-17-11-14-9-4-3-8(13)7-10(9)16-11/h3-4,7,15H,5-6,13H2,1-2H3. The van der Waals surface area contributed by atoms with Gasteiger partial charge >= 0.3 is 0 Å². The first-order chi connectivity index (χ1) is 7.94. The van der Waals surface area contributed by atoms with Crippen LogP contribution in [-0.2, 0) is 0 Å². The lowest BCUT2D eigenvalue weighted by molar-refractivity contribution is 0.0777. The van der Waals surface area contributed by atoms with Crippen molar-refractivity contribution in [1.82, 2.24) is 4.98 Å². The SMILES string of the molecule is CC(C)(O)CCSc1nc2ccc(N)cc2o1. The van der Waals surface area contributed by atoms with Crippen LogP contribution in [0.4, 0.5) is 5.69 Å². The second kappa shape index (κ2) is 4.58. The molecule has 17 heavy (non-hydrogen) atoms. The average molecular weight is 252 g/mol. The number of nitrogen functional groups attached to an aromatic ring is 1. The van der Waals surface area contributed by atoms with Gasteiger partial charge < -0.3 is 15.3 Å². The second-order valence-corrected chi connectivity index (χ2v) is 5.66. The molecule has 2 aromatic rings. The van der Waals surface area contributed by atoms with Crippen LogP contribution in [0.5, 0.6) is 0 Å². The smallest absolute Gasteiger partial charge is 0.256 e. The molecule has 0 aliphatic rings. The summed E-state index contributed by atoms with van der Waals surface area (Å²) in [6, 6.07) is 5.41. The molecule has 0 atom stereocenters. The Balaban J connectivity index is 2.05. The lowest BCUT2D eigenvalue weighted by atomic mass is 10.1. The van der Waals surface area contributed by atoms with Gasteiger partial charge in [0.05, 0.1) is 5.60 Å². The highest BCUT2D eigenvalue weighted by Gasteiger charge is 2.13. The molecule has 2 rings (SSSR count). The predicted octanol–water partition coefficient (Wildman–Crippen LogP) is 2.66. The van der Waals surface area contributed by atoms with Crippen LogP contribution in [0, 0.1) is 0 Å². The van der Waals surface area contributed by atoms with Crippen LogP contribution in [0.2, 0.25) is 0 Å². The Bertz CT molecular complexity index is 517. The molecule has 92 valence electrons. The first-order valence-electron chi connectivity index (χ1n) is 5.45. The number of aliphatic hydroxyl groups is 1. The number of nitrogens with two attached hydrogens (primary N) is 1. The molecule has 0 unspecified atom stereocenters. The van der Waals surface area contributed by atoms with Gasteiger partial charge in [0.2, 0.25) is 0 Å². The highest BCUT2D eigenvalue weighted by molar-refractivity contribution is 7.99. The van der Waals surface area contributed by atoms with Crippen molar-refractivity contribution in [2.45, 2.75) is 31.1 Å². The molecule has 3 N–H and O–H groups in total. The summed E-state index contributed by atoms with van der Waals surface area (Å²) in [4.78, 5) is 4.33. The van der Waals surface area contributed by atoms with E-state index < -0.39 is 5.60 Å². The summed E-state index contributed by atoms with van der Waals surface area (Å²) in [5.41, 5.74) is 7.20.